The highest BCUT2D eigenvalue weighted by molar-refractivity contribution is 6.32. The number of ether oxygens (including phenoxy) is 1. The fourth-order valence-electron chi connectivity index (χ4n) is 2.36. The van der Waals surface area contributed by atoms with Crippen molar-refractivity contribution in [2.75, 3.05) is 5.32 Å². The number of anilines is 1. The Balaban J connectivity index is 1.80. The van der Waals surface area contributed by atoms with E-state index in [1.807, 2.05) is 0 Å². The van der Waals surface area contributed by atoms with Crippen LogP contribution in [0, 0.1) is 0 Å². The molecule has 1 aromatic heterocycles. The van der Waals surface area contributed by atoms with Gasteiger partial charge in [-0.3, -0.25) is 4.79 Å². The van der Waals surface area contributed by atoms with E-state index in [-0.39, 0.29) is 27.8 Å². The third kappa shape index (κ3) is 4.80. The summed E-state index contributed by atoms with van der Waals surface area (Å²) in [6, 6.07) is 8.22. The lowest BCUT2D eigenvalue weighted by Crippen LogP contribution is -2.13. The van der Waals surface area contributed by atoms with Gasteiger partial charge >= 0.3 is 12.8 Å². The summed E-state index contributed by atoms with van der Waals surface area (Å²) >= 11 is 5.80. The number of rotatable bonds is 5. The molecule has 3 rings (SSSR count). The van der Waals surface area contributed by atoms with Crippen LogP contribution in [0.2, 0.25) is 5.02 Å². The molecule has 0 saturated carbocycles. The van der Waals surface area contributed by atoms with Gasteiger partial charge in [0.2, 0.25) is 0 Å². The molecule has 0 spiro atoms. The molecule has 1 N–H and O–H groups in total. The lowest BCUT2D eigenvalue weighted by atomic mass is 10.1. The quantitative estimate of drug-likeness (QED) is 0.588. The molecule has 0 bridgehead atoms. The number of para-hydroxylation sites is 1. The Kier molecular flexibility index (Phi) is 5.69. The minimum Gasteiger partial charge on any atom is -0.433 e. The largest absolute Gasteiger partial charge is 0.433 e. The Morgan fingerprint density at radius 3 is 2.55 bits per heavy atom. The van der Waals surface area contributed by atoms with Crippen LogP contribution in [0.3, 0.4) is 0 Å². The number of amides is 1. The number of carbonyl (C=O) groups excluding carboxylic acids is 1. The van der Waals surface area contributed by atoms with Gasteiger partial charge in [-0.05, 0) is 30.3 Å². The number of aromatic nitrogens is 3. The highest BCUT2D eigenvalue weighted by Crippen LogP contribution is 2.33. The van der Waals surface area contributed by atoms with Crippen LogP contribution in [0.1, 0.15) is 16.1 Å². The summed E-state index contributed by atoms with van der Waals surface area (Å²) in [5, 5.41) is 9.34. The van der Waals surface area contributed by atoms with Crippen LogP contribution in [0.5, 0.6) is 5.75 Å². The molecule has 0 atom stereocenters. The van der Waals surface area contributed by atoms with Crippen molar-refractivity contribution >= 4 is 23.2 Å². The molecular formula is C17H10ClF5N4O2. The predicted molar refractivity (Wildman–Crippen MR) is 92.4 cm³/mol. The molecule has 12 heteroatoms. The molecule has 0 radical (unpaired) electrons. The van der Waals surface area contributed by atoms with E-state index in [1.54, 1.807) is 0 Å². The van der Waals surface area contributed by atoms with Gasteiger partial charge < -0.3 is 10.1 Å². The topological polar surface area (TPSA) is 69.0 Å². The summed E-state index contributed by atoms with van der Waals surface area (Å²) in [4.78, 5) is 12.3. The maximum atomic E-state index is 13.1. The second-order valence-electron chi connectivity index (χ2n) is 5.54. The zero-order valence-electron chi connectivity index (χ0n) is 14.1. The van der Waals surface area contributed by atoms with Crippen LogP contribution < -0.4 is 10.1 Å². The Hall–Kier alpha value is -3.21. The van der Waals surface area contributed by atoms with Gasteiger partial charge in [0, 0.05) is 5.69 Å². The number of alkyl halides is 5. The molecule has 29 heavy (non-hydrogen) atoms. The Morgan fingerprint density at radius 2 is 1.90 bits per heavy atom. The lowest BCUT2D eigenvalue weighted by molar-refractivity contribution is -0.137. The Morgan fingerprint density at radius 1 is 1.17 bits per heavy atom. The van der Waals surface area contributed by atoms with Gasteiger partial charge in [-0.2, -0.15) is 22.0 Å². The van der Waals surface area contributed by atoms with E-state index in [1.165, 1.54) is 30.3 Å². The number of nitrogens with one attached hydrogen (secondary N) is 1. The standard InChI is InChI=1S/C17H10ClF5N4O2/c18-11-7-9(5-6-14(11)29-16(19)20)24-15(28)12-8-27(26-25-12)13-4-2-1-3-10(13)17(21,22)23/h1-8,16H,(H,24,28). The van der Waals surface area contributed by atoms with Gasteiger partial charge in [0.1, 0.15) is 5.75 Å². The first kappa shape index (κ1) is 20.5. The molecule has 0 unspecified atom stereocenters. The first-order chi connectivity index (χ1) is 13.6. The first-order valence-electron chi connectivity index (χ1n) is 7.80. The van der Waals surface area contributed by atoms with Crippen molar-refractivity contribution < 1.29 is 31.5 Å². The Labute approximate surface area is 164 Å². The zero-order chi connectivity index (χ0) is 21.2. The SMILES string of the molecule is O=C(Nc1ccc(OC(F)F)c(Cl)c1)c1cn(-c2ccccc2C(F)(F)F)nn1. The van der Waals surface area contributed by atoms with Crippen LogP contribution in [-0.2, 0) is 6.18 Å². The molecule has 0 aliphatic heterocycles. The average molecular weight is 433 g/mol. The fraction of sp³-hybridized carbons (Fsp3) is 0.118. The van der Waals surface area contributed by atoms with Gasteiger partial charge in [0.05, 0.1) is 22.5 Å². The predicted octanol–water partition coefficient (Wildman–Crippen LogP) is 4.79. The van der Waals surface area contributed by atoms with Crippen molar-refractivity contribution in [2.45, 2.75) is 12.8 Å². The maximum Gasteiger partial charge on any atom is 0.418 e. The first-order valence-corrected chi connectivity index (χ1v) is 8.17. The Bertz CT molecular complexity index is 1040. The summed E-state index contributed by atoms with van der Waals surface area (Å²) in [5.74, 6) is -1.08. The number of hydrogen-bond acceptors (Lipinski definition) is 4. The maximum absolute atomic E-state index is 13.1. The van der Waals surface area contributed by atoms with Gasteiger partial charge in [-0.1, -0.05) is 28.9 Å². The van der Waals surface area contributed by atoms with Crippen LogP contribution in [0.15, 0.2) is 48.7 Å². The number of hydrogen-bond donors (Lipinski definition) is 1. The van der Waals surface area contributed by atoms with Gasteiger partial charge in [-0.15, -0.1) is 5.10 Å². The van der Waals surface area contributed by atoms with E-state index in [0.29, 0.717) is 0 Å². The molecule has 3 aromatic rings. The monoisotopic (exact) mass is 432 g/mol. The van der Waals surface area contributed by atoms with E-state index in [2.05, 4.69) is 20.4 Å². The normalized spacial score (nSPS) is 11.6. The third-order valence-electron chi connectivity index (χ3n) is 3.59. The summed E-state index contributed by atoms with van der Waals surface area (Å²) in [7, 11) is 0. The third-order valence-corrected chi connectivity index (χ3v) is 3.88. The highest BCUT2D eigenvalue weighted by Gasteiger charge is 2.34. The molecule has 2 aromatic carbocycles. The number of carbonyl (C=O) groups is 1. The summed E-state index contributed by atoms with van der Waals surface area (Å²) < 4.78 is 68.9. The molecule has 152 valence electrons. The van der Waals surface area contributed by atoms with Crippen LogP contribution in [0.4, 0.5) is 27.6 Å². The van der Waals surface area contributed by atoms with Crippen LogP contribution >= 0.6 is 11.6 Å². The van der Waals surface area contributed by atoms with E-state index >= 15 is 0 Å². The molecular weight excluding hydrogens is 423 g/mol. The smallest absolute Gasteiger partial charge is 0.418 e. The number of halogens is 6. The zero-order valence-corrected chi connectivity index (χ0v) is 14.9. The molecule has 1 heterocycles. The number of nitrogens with zero attached hydrogens (tertiary/aromatic N) is 3. The molecule has 6 nitrogen and oxygen atoms in total. The molecule has 0 aliphatic rings. The summed E-state index contributed by atoms with van der Waals surface area (Å²) in [5.41, 5.74) is -1.39. The highest BCUT2D eigenvalue weighted by atomic mass is 35.5. The van der Waals surface area contributed by atoms with E-state index in [0.717, 1.165) is 23.0 Å². The minimum atomic E-state index is -4.62. The molecule has 0 aliphatic carbocycles. The van der Waals surface area contributed by atoms with Gasteiger partial charge in [-0.25, -0.2) is 4.68 Å². The van der Waals surface area contributed by atoms with E-state index in [4.69, 9.17) is 11.6 Å². The van der Waals surface area contributed by atoms with Crippen LogP contribution in [-0.4, -0.2) is 27.5 Å². The number of benzene rings is 2. The summed E-state index contributed by atoms with van der Waals surface area (Å²) in [6.07, 6.45) is -3.60. The second-order valence-corrected chi connectivity index (χ2v) is 5.95. The van der Waals surface area contributed by atoms with E-state index in [9.17, 15) is 26.7 Å². The van der Waals surface area contributed by atoms with Crippen molar-refractivity contribution in [3.05, 3.63) is 64.9 Å². The fourth-order valence-corrected chi connectivity index (χ4v) is 2.59. The van der Waals surface area contributed by atoms with Gasteiger partial charge in [0.15, 0.2) is 5.69 Å². The van der Waals surface area contributed by atoms with Crippen molar-refractivity contribution in [3.8, 4) is 11.4 Å². The van der Waals surface area contributed by atoms with Crippen molar-refractivity contribution in [1.29, 1.82) is 0 Å². The van der Waals surface area contributed by atoms with E-state index < -0.39 is 24.3 Å². The average Bonchev–Trinajstić information content (AvgIpc) is 3.13. The second kappa shape index (κ2) is 8.03. The van der Waals surface area contributed by atoms with Crippen molar-refractivity contribution in [2.24, 2.45) is 0 Å². The summed E-state index contributed by atoms with van der Waals surface area (Å²) in [6.45, 7) is -3.07. The van der Waals surface area contributed by atoms with Crippen LogP contribution in [0.25, 0.3) is 5.69 Å². The lowest BCUT2D eigenvalue weighted by Gasteiger charge is -2.11. The van der Waals surface area contributed by atoms with Crippen molar-refractivity contribution in [1.82, 2.24) is 15.0 Å². The molecule has 0 fully saturated rings. The molecule has 0 saturated heterocycles. The molecule has 1 amide bonds. The minimum absolute atomic E-state index is 0.131. The van der Waals surface area contributed by atoms with Gasteiger partial charge in [0.25, 0.3) is 5.91 Å². The van der Waals surface area contributed by atoms with Crippen molar-refractivity contribution in [3.63, 3.8) is 0 Å².